The van der Waals surface area contributed by atoms with E-state index in [9.17, 15) is 4.79 Å². The summed E-state index contributed by atoms with van der Waals surface area (Å²) in [6.07, 6.45) is 11.7. The van der Waals surface area contributed by atoms with Crippen molar-refractivity contribution < 1.29 is 14.3 Å². The number of amides is 1. The molecule has 0 spiro atoms. The number of benzene rings is 4. The Balaban J connectivity index is 0.00000486. The lowest BCUT2D eigenvalue weighted by Gasteiger charge is -2.21. The van der Waals surface area contributed by atoms with Gasteiger partial charge in [-0.1, -0.05) is 92.2 Å². The number of carbonyl (C=O) groups excluding carboxylic acids is 1. The third kappa shape index (κ3) is 9.23. The first kappa shape index (κ1) is 36.9. The van der Waals surface area contributed by atoms with Crippen molar-refractivity contribution >= 4 is 39.9 Å². The number of nitrogens with zero attached hydrogens (tertiary/aromatic N) is 3. The van der Waals surface area contributed by atoms with E-state index in [-0.39, 0.29) is 31.0 Å². The van der Waals surface area contributed by atoms with Crippen molar-refractivity contribution in [3.05, 3.63) is 96.3 Å². The Hall–Kier alpha value is -4.40. The highest BCUT2D eigenvalue weighted by atomic mass is 35.5. The molecule has 50 heavy (non-hydrogen) atoms. The minimum Gasteiger partial charge on any atom is -0.493 e. The monoisotopic (exact) mass is 695 g/mol. The van der Waals surface area contributed by atoms with Crippen LogP contribution in [0.4, 0.5) is 0 Å². The van der Waals surface area contributed by atoms with E-state index in [1.54, 1.807) is 0 Å². The number of ether oxygens (including phenoxy) is 2. The van der Waals surface area contributed by atoms with E-state index in [0.717, 1.165) is 101 Å². The minimum atomic E-state index is -0.0649. The lowest BCUT2D eigenvalue weighted by atomic mass is 9.92. The highest BCUT2D eigenvalue weighted by Crippen LogP contribution is 2.45. The predicted octanol–water partition coefficient (Wildman–Crippen LogP) is 8.79. The molecule has 1 atom stereocenters. The summed E-state index contributed by atoms with van der Waals surface area (Å²) in [5, 5.41) is 16.6. The Bertz CT molecular complexity index is 1900. The number of unbranched alkanes of at least 4 members (excludes halogenated alkanes) is 1. The second-order valence-corrected chi connectivity index (χ2v) is 13.5. The fourth-order valence-electron chi connectivity index (χ4n) is 6.60. The Labute approximate surface area is 301 Å². The van der Waals surface area contributed by atoms with Gasteiger partial charge in [-0.25, -0.2) is 0 Å². The van der Waals surface area contributed by atoms with Crippen molar-refractivity contribution in [3.8, 4) is 22.6 Å². The zero-order valence-corrected chi connectivity index (χ0v) is 30.1. The standard InChI is InChI=1S/C41H49N5O3.ClH/c1-29(2)23-25-48-37-21-19-30-12-6-8-17-35(30)39(37)40-36-18-9-7-13-31(36)20-22-38(40)49-28-34-27-46(45-44-34)26-33(16-10-11-24-42)43-41(47)32-14-4-3-5-15-32;/h6-9,12-14,17-22,27,29,33H,3-5,10-11,15-16,23-26,28,42H2,1-2H3,(H,43,47);1H/t33-;/m1./s1. The van der Waals surface area contributed by atoms with Crippen molar-refractivity contribution in [3.63, 3.8) is 0 Å². The maximum atomic E-state index is 13.1. The molecular formula is C41H50ClN5O3. The fraction of sp³-hybridized carbons (Fsp3) is 0.390. The molecule has 9 heteroatoms. The van der Waals surface area contributed by atoms with E-state index in [0.29, 0.717) is 31.3 Å². The molecule has 0 saturated heterocycles. The van der Waals surface area contributed by atoms with Gasteiger partial charge in [-0.05, 0) is 91.1 Å². The van der Waals surface area contributed by atoms with Crippen molar-refractivity contribution in [2.75, 3.05) is 13.2 Å². The van der Waals surface area contributed by atoms with Gasteiger partial charge in [0.15, 0.2) is 0 Å². The van der Waals surface area contributed by atoms with Crippen LogP contribution in [0.2, 0.25) is 0 Å². The molecule has 0 aliphatic heterocycles. The number of hydrogen-bond donors (Lipinski definition) is 2. The predicted molar refractivity (Wildman–Crippen MR) is 205 cm³/mol. The molecule has 0 fully saturated rings. The summed E-state index contributed by atoms with van der Waals surface area (Å²) in [4.78, 5) is 13.1. The van der Waals surface area contributed by atoms with E-state index in [1.165, 1.54) is 0 Å². The fourth-order valence-corrected chi connectivity index (χ4v) is 6.60. The van der Waals surface area contributed by atoms with Gasteiger partial charge in [-0.15, -0.1) is 17.5 Å². The van der Waals surface area contributed by atoms with Crippen LogP contribution < -0.4 is 20.5 Å². The number of nitrogens with two attached hydrogens (primary N) is 1. The van der Waals surface area contributed by atoms with Crippen LogP contribution in [0.15, 0.2) is 90.6 Å². The molecule has 4 aromatic carbocycles. The number of allylic oxidation sites excluding steroid dienone is 1. The van der Waals surface area contributed by atoms with Crippen LogP contribution in [0.5, 0.6) is 11.5 Å². The molecule has 0 unspecified atom stereocenters. The van der Waals surface area contributed by atoms with Crippen molar-refractivity contribution in [1.29, 1.82) is 0 Å². The van der Waals surface area contributed by atoms with Gasteiger partial charge in [0.05, 0.1) is 19.3 Å². The molecule has 3 N–H and O–H groups in total. The molecule has 1 aliphatic rings. The number of fused-ring (bicyclic) bond motifs is 2. The van der Waals surface area contributed by atoms with Crippen molar-refractivity contribution in [1.82, 2.24) is 20.3 Å². The second kappa shape index (κ2) is 18.0. The third-order valence-electron chi connectivity index (χ3n) is 9.28. The number of rotatable bonds is 16. The molecule has 1 aliphatic carbocycles. The first-order valence-electron chi connectivity index (χ1n) is 17.9. The van der Waals surface area contributed by atoms with E-state index < -0.39 is 0 Å². The molecule has 8 nitrogen and oxygen atoms in total. The number of aromatic nitrogens is 3. The van der Waals surface area contributed by atoms with Gasteiger partial charge in [0.1, 0.15) is 23.8 Å². The highest BCUT2D eigenvalue weighted by molar-refractivity contribution is 6.09. The van der Waals surface area contributed by atoms with Crippen LogP contribution >= 0.6 is 12.4 Å². The zero-order chi connectivity index (χ0) is 34.0. The maximum absolute atomic E-state index is 13.1. The van der Waals surface area contributed by atoms with Gasteiger partial charge in [0.2, 0.25) is 5.91 Å². The highest BCUT2D eigenvalue weighted by Gasteiger charge is 2.21. The van der Waals surface area contributed by atoms with Crippen molar-refractivity contribution in [2.45, 2.75) is 84.4 Å². The number of hydrogen-bond acceptors (Lipinski definition) is 6. The largest absolute Gasteiger partial charge is 0.493 e. The molecule has 1 amide bonds. The Morgan fingerprint density at radius 3 is 2.20 bits per heavy atom. The topological polar surface area (TPSA) is 104 Å². The summed E-state index contributed by atoms with van der Waals surface area (Å²) in [5.74, 6) is 2.18. The third-order valence-corrected chi connectivity index (χ3v) is 9.28. The van der Waals surface area contributed by atoms with Gasteiger partial charge in [0, 0.05) is 22.7 Å². The van der Waals surface area contributed by atoms with Crippen LogP contribution in [0.3, 0.4) is 0 Å². The van der Waals surface area contributed by atoms with Gasteiger partial charge >= 0.3 is 0 Å². The summed E-state index contributed by atoms with van der Waals surface area (Å²) in [6.45, 7) is 6.48. The van der Waals surface area contributed by atoms with Crippen molar-refractivity contribution in [2.24, 2.45) is 11.7 Å². The van der Waals surface area contributed by atoms with Crippen LogP contribution in [0.1, 0.15) is 70.9 Å². The first-order valence-corrected chi connectivity index (χ1v) is 17.9. The molecular weight excluding hydrogens is 646 g/mol. The molecule has 0 radical (unpaired) electrons. The van der Waals surface area contributed by atoms with E-state index >= 15 is 0 Å². The molecule has 6 rings (SSSR count). The van der Waals surface area contributed by atoms with Gasteiger partial charge in [-0.2, -0.15) is 0 Å². The van der Waals surface area contributed by atoms with Crippen LogP contribution in [-0.4, -0.2) is 40.1 Å². The summed E-state index contributed by atoms with van der Waals surface area (Å²) in [6, 6.07) is 25.1. The molecule has 0 bridgehead atoms. The summed E-state index contributed by atoms with van der Waals surface area (Å²) in [5.41, 5.74) is 9.41. The molecule has 0 saturated carbocycles. The molecule has 264 valence electrons. The van der Waals surface area contributed by atoms with E-state index in [2.05, 4.69) is 102 Å². The average molecular weight is 696 g/mol. The van der Waals surface area contributed by atoms with Crippen LogP contribution in [0, 0.1) is 5.92 Å². The molecule has 1 heterocycles. The number of nitrogens with one attached hydrogen (secondary N) is 1. The van der Waals surface area contributed by atoms with E-state index in [1.807, 2.05) is 16.9 Å². The first-order chi connectivity index (χ1) is 24.0. The normalized spacial score (nSPS) is 13.6. The molecule has 5 aromatic rings. The summed E-state index contributed by atoms with van der Waals surface area (Å²) in [7, 11) is 0. The minimum absolute atomic E-state index is 0. The number of carbonyl (C=O) groups is 1. The van der Waals surface area contributed by atoms with Gasteiger partial charge < -0.3 is 20.5 Å². The van der Waals surface area contributed by atoms with Crippen LogP contribution in [-0.2, 0) is 17.9 Å². The quantitative estimate of drug-likeness (QED) is 0.100. The SMILES string of the molecule is CC(C)CCOc1ccc2ccccc2c1-c1c(OCc2cn(C[C@@H](CCCCN)NC(=O)C3=CCCCC3)nn2)ccc2ccccc12.Cl. The van der Waals surface area contributed by atoms with Gasteiger partial charge in [0.25, 0.3) is 0 Å². The smallest absolute Gasteiger partial charge is 0.247 e. The lowest BCUT2D eigenvalue weighted by Crippen LogP contribution is -2.39. The summed E-state index contributed by atoms with van der Waals surface area (Å²) < 4.78 is 14.9. The Kier molecular flexibility index (Phi) is 13.3. The zero-order valence-electron chi connectivity index (χ0n) is 29.3. The Morgan fingerprint density at radius 1 is 0.880 bits per heavy atom. The number of halogens is 1. The summed E-state index contributed by atoms with van der Waals surface area (Å²) >= 11 is 0. The Morgan fingerprint density at radius 2 is 1.56 bits per heavy atom. The van der Waals surface area contributed by atoms with Crippen LogP contribution in [0.25, 0.3) is 32.7 Å². The average Bonchev–Trinajstić information content (AvgIpc) is 3.57. The second-order valence-electron chi connectivity index (χ2n) is 13.5. The maximum Gasteiger partial charge on any atom is 0.247 e. The lowest BCUT2D eigenvalue weighted by molar-refractivity contribution is -0.118. The van der Waals surface area contributed by atoms with Gasteiger partial charge in [-0.3, -0.25) is 9.48 Å². The van der Waals surface area contributed by atoms with E-state index in [4.69, 9.17) is 15.2 Å². The molecule has 1 aromatic heterocycles.